The van der Waals surface area contributed by atoms with Gasteiger partial charge in [-0.2, -0.15) is 5.10 Å². The van der Waals surface area contributed by atoms with Crippen LogP contribution < -0.4 is 10.1 Å². The Bertz CT molecular complexity index is 792. The molecule has 8 heteroatoms. The first-order valence-corrected chi connectivity index (χ1v) is 10.9. The smallest absolute Gasteiger partial charge is 0.251 e. The highest BCUT2D eigenvalue weighted by Gasteiger charge is 2.24. The van der Waals surface area contributed by atoms with Crippen molar-refractivity contribution in [3.63, 3.8) is 0 Å². The van der Waals surface area contributed by atoms with E-state index in [1.54, 1.807) is 25.3 Å². The molecule has 30 heavy (non-hydrogen) atoms. The lowest BCUT2D eigenvalue weighted by atomic mass is 10.0. The van der Waals surface area contributed by atoms with Gasteiger partial charge in [-0.1, -0.05) is 11.6 Å². The third-order valence-electron chi connectivity index (χ3n) is 5.51. The summed E-state index contributed by atoms with van der Waals surface area (Å²) < 4.78 is 13.1. The number of nitrogens with one attached hydrogen (secondary N) is 1. The normalized spacial score (nSPS) is 16.4. The number of carbonyl (C=O) groups excluding carboxylic acids is 1. The SMILES string of the molecule is COCCNC(=O)c1ccc(OC2CCN([C@@H](C)CCn3cccn3)CC2)c(Cl)c1. The van der Waals surface area contributed by atoms with Crippen LogP contribution in [0.4, 0.5) is 0 Å². The number of nitrogens with zero attached hydrogens (tertiary/aromatic N) is 3. The van der Waals surface area contributed by atoms with Crippen LogP contribution in [0.15, 0.2) is 36.7 Å². The zero-order chi connectivity index (χ0) is 21.3. The second-order valence-corrected chi connectivity index (χ2v) is 8.06. The Morgan fingerprint density at radius 2 is 2.17 bits per heavy atom. The minimum atomic E-state index is -0.169. The number of halogens is 1. The highest BCUT2D eigenvalue weighted by molar-refractivity contribution is 6.32. The van der Waals surface area contributed by atoms with Gasteiger partial charge in [0, 0.05) is 57.3 Å². The van der Waals surface area contributed by atoms with E-state index in [1.165, 1.54) is 0 Å². The maximum atomic E-state index is 12.1. The Labute approximate surface area is 183 Å². The third kappa shape index (κ3) is 6.45. The molecule has 1 aliphatic rings. The van der Waals surface area contributed by atoms with Crippen molar-refractivity contribution in [2.45, 2.75) is 44.9 Å². The average molecular weight is 435 g/mol. The number of likely N-dealkylation sites (tertiary alicyclic amines) is 1. The minimum Gasteiger partial charge on any atom is -0.489 e. The molecular weight excluding hydrogens is 404 g/mol. The molecule has 2 aromatic rings. The molecule has 1 fully saturated rings. The van der Waals surface area contributed by atoms with Crippen molar-refractivity contribution in [2.24, 2.45) is 0 Å². The lowest BCUT2D eigenvalue weighted by Gasteiger charge is -2.36. The predicted octanol–water partition coefficient (Wildman–Crippen LogP) is 3.23. The number of carbonyl (C=O) groups is 1. The summed E-state index contributed by atoms with van der Waals surface area (Å²) in [4.78, 5) is 14.6. The van der Waals surface area contributed by atoms with Gasteiger partial charge in [-0.3, -0.25) is 9.48 Å². The molecule has 164 valence electrons. The molecule has 0 spiro atoms. The van der Waals surface area contributed by atoms with Gasteiger partial charge in [0.05, 0.1) is 11.6 Å². The quantitative estimate of drug-likeness (QED) is 0.581. The summed E-state index contributed by atoms with van der Waals surface area (Å²) in [7, 11) is 1.60. The van der Waals surface area contributed by atoms with E-state index < -0.39 is 0 Å². The van der Waals surface area contributed by atoms with Gasteiger partial charge in [-0.05, 0) is 50.5 Å². The molecule has 2 heterocycles. The van der Waals surface area contributed by atoms with Gasteiger partial charge in [0.25, 0.3) is 5.91 Å². The van der Waals surface area contributed by atoms with Gasteiger partial charge in [0.2, 0.25) is 0 Å². The maximum Gasteiger partial charge on any atom is 0.251 e. The van der Waals surface area contributed by atoms with E-state index in [2.05, 4.69) is 22.2 Å². The van der Waals surface area contributed by atoms with Crippen LogP contribution in [0.25, 0.3) is 0 Å². The van der Waals surface area contributed by atoms with Gasteiger partial charge in [0.15, 0.2) is 0 Å². The Morgan fingerprint density at radius 1 is 1.37 bits per heavy atom. The molecule has 1 aromatic heterocycles. The number of benzene rings is 1. The molecule has 0 unspecified atom stereocenters. The number of methoxy groups -OCH3 is 1. The first kappa shape index (κ1) is 22.6. The van der Waals surface area contributed by atoms with Gasteiger partial charge >= 0.3 is 0 Å². The molecule has 1 atom stereocenters. The van der Waals surface area contributed by atoms with Crippen molar-refractivity contribution >= 4 is 17.5 Å². The second-order valence-electron chi connectivity index (χ2n) is 7.65. The van der Waals surface area contributed by atoms with E-state index in [1.807, 2.05) is 23.1 Å². The van der Waals surface area contributed by atoms with Crippen molar-refractivity contribution in [1.29, 1.82) is 0 Å². The van der Waals surface area contributed by atoms with Crippen LogP contribution in [0.3, 0.4) is 0 Å². The molecule has 1 N–H and O–H groups in total. The number of amides is 1. The monoisotopic (exact) mass is 434 g/mol. The van der Waals surface area contributed by atoms with E-state index in [-0.39, 0.29) is 12.0 Å². The molecule has 0 radical (unpaired) electrons. The standard InChI is InChI=1S/C22H31ClN4O3/c1-17(6-14-27-11-3-9-25-27)26-12-7-19(8-13-26)30-21-5-4-18(16-20(21)23)22(28)24-10-15-29-2/h3-5,9,11,16-17,19H,6-8,10,12-15H2,1-2H3,(H,24,28)/t17-/m0/s1. The zero-order valence-electron chi connectivity index (χ0n) is 17.7. The van der Waals surface area contributed by atoms with Gasteiger partial charge < -0.3 is 19.7 Å². The summed E-state index contributed by atoms with van der Waals surface area (Å²) in [6.45, 7) is 6.15. The summed E-state index contributed by atoms with van der Waals surface area (Å²) in [6.07, 6.45) is 6.96. The van der Waals surface area contributed by atoms with Crippen molar-refractivity contribution in [2.75, 3.05) is 33.4 Å². The lowest BCUT2D eigenvalue weighted by Crippen LogP contribution is -2.43. The summed E-state index contributed by atoms with van der Waals surface area (Å²) in [5.41, 5.74) is 0.518. The second kappa shape index (κ2) is 11.3. The third-order valence-corrected chi connectivity index (χ3v) is 5.81. The van der Waals surface area contributed by atoms with E-state index in [4.69, 9.17) is 21.1 Å². The molecule has 1 amide bonds. The van der Waals surface area contributed by atoms with Gasteiger partial charge in [-0.25, -0.2) is 0 Å². The van der Waals surface area contributed by atoms with Gasteiger partial charge in [-0.15, -0.1) is 0 Å². The molecule has 1 aromatic carbocycles. The highest BCUT2D eigenvalue weighted by Crippen LogP contribution is 2.29. The number of rotatable bonds is 10. The molecule has 0 aliphatic carbocycles. The minimum absolute atomic E-state index is 0.137. The first-order valence-electron chi connectivity index (χ1n) is 10.5. The van der Waals surface area contributed by atoms with E-state index in [0.29, 0.717) is 35.5 Å². The van der Waals surface area contributed by atoms with E-state index in [9.17, 15) is 4.79 Å². The summed E-state index contributed by atoms with van der Waals surface area (Å²) in [5, 5.41) is 7.52. The van der Waals surface area contributed by atoms with Crippen molar-refractivity contribution < 1.29 is 14.3 Å². The Kier molecular flexibility index (Phi) is 8.54. The molecule has 0 saturated carbocycles. The number of aryl methyl sites for hydroxylation is 1. The van der Waals surface area contributed by atoms with Crippen molar-refractivity contribution in [1.82, 2.24) is 20.0 Å². The zero-order valence-corrected chi connectivity index (χ0v) is 18.5. The predicted molar refractivity (Wildman–Crippen MR) is 117 cm³/mol. The van der Waals surface area contributed by atoms with Crippen LogP contribution in [-0.4, -0.2) is 66.1 Å². The van der Waals surface area contributed by atoms with Crippen LogP contribution in [0.5, 0.6) is 5.75 Å². The number of hydrogen-bond acceptors (Lipinski definition) is 5. The van der Waals surface area contributed by atoms with Crippen molar-refractivity contribution in [3.8, 4) is 5.75 Å². The summed E-state index contributed by atoms with van der Waals surface area (Å²) in [6, 6.07) is 7.65. The van der Waals surface area contributed by atoms with Crippen molar-refractivity contribution in [3.05, 3.63) is 47.2 Å². The van der Waals surface area contributed by atoms with Crippen LogP contribution in [-0.2, 0) is 11.3 Å². The highest BCUT2D eigenvalue weighted by atomic mass is 35.5. The first-order chi connectivity index (χ1) is 14.6. The number of ether oxygens (including phenoxy) is 2. The maximum absolute atomic E-state index is 12.1. The Hall–Kier alpha value is -2.09. The molecular formula is C22H31ClN4O3. The Balaban J connectivity index is 1.44. The molecule has 3 rings (SSSR count). The lowest BCUT2D eigenvalue weighted by molar-refractivity contribution is 0.0760. The van der Waals surface area contributed by atoms with Crippen LogP contribution in [0, 0.1) is 0 Å². The molecule has 0 bridgehead atoms. The molecule has 7 nitrogen and oxygen atoms in total. The fourth-order valence-corrected chi connectivity index (χ4v) is 3.88. The number of aromatic nitrogens is 2. The van der Waals surface area contributed by atoms with E-state index >= 15 is 0 Å². The molecule has 1 saturated heterocycles. The summed E-state index contributed by atoms with van der Waals surface area (Å²) in [5.74, 6) is 0.466. The average Bonchev–Trinajstić information content (AvgIpc) is 3.28. The largest absolute Gasteiger partial charge is 0.489 e. The number of hydrogen-bond donors (Lipinski definition) is 1. The fourth-order valence-electron chi connectivity index (χ4n) is 3.65. The van der Waals surface area contributed by atoms with Crippen LogP contribution >= 0.6 is 11.6 Å². The van der Waals surface area contributed by atoms with Crippen LogP contribution in [0.2, 0.25) is 5.02 Å². The van der Waals surface area contributed by atoms with Gasteiger partial charge in [0.1, 0.15) is 11.9 Å². The Morgan fingerprint density at radius 3 is 2.83 bits per heavy atom. The molecule has 1 aliphatic heterocycles. The summed E-state index contributed by atoms with van der Waals surface area (Å²) >= 11 is 6.37. The van der Waals surface area contributed by atoms with Crippen LogP contribution in [0.1, 0.15) is 36.5 Å². The van der Waals surface area contributed by atoms with E-state index in [0.717, 1.165) is 38.9 Å². The fraction of sp³-hybridized carbons (Fsp3) is 0.545. The topological polar surface area (TPSA) is 68.6 Å². The number of piperidine rings is 1.